The molecule has 0 saturated carbocycles. The Labute approximate surface area is 81.1 Å². The van der Waals surface area contributed by atoms with Gasteiger partial charge in [0, 0.05) is 26.3 Å². The summed E-state index contributed by atoms with van der Waals surface area (Å²) in [5.41, 5.74) is 2.21. The highest BCUT2D eigenvalue weighted by atomic mass is 32.1. The molecule has 0 amide bonds. The Hall–Kier alpha value is -1.03. The molecule has 2 aromatic rings. The molecule has 0 spiro atoms. The van der Waals surface area contributed by atoms with Crippen molar-refractivity contribution in [3.05, 3.63) is 22.5 Å². The number of hydrogen-bond acceptors (Lipinski definition) is 3. The van der Waals surface area contributed by atoms with Gasteiger partial charge in [0.25, 0.3) is 0 Å². The fourth-order valence-electron chi connectivity index (χ4n) is 1.31. The minimum atomic E-state index is 0.979. The van der Waals surface area contributed by atoms with Crippen molar-refractivity contribution in [1.82, 2.24) is 10.1 Å². The molecule has 0 aliphatic carbocycles. The third-order valence-corrected chi connectivity index (χ3v) is 2.98. The molecule has 0 saturated heterocycles. The first kappa shape index (κ1) is 8.56. The number of aryl methyl sites for hydroxylation is 3. The summed E-state index contributed by atoms with van der Waals surface area (Å²) in [4.78, 5) is 5.42. The maximum atomic E-state index is 4.44. The van der Waals surface area contributed by atoms with Crippen LogP contribution in [-0.4, -0.2) is 10.1 Å². The average molecular weight is 194 g/mol. The van der Waals surface area contributed by atoms with E-state index in [0.29, 0.717) is 0 Å². The van der Waals surface area contributed by atoms with Crippen molar-refractivity contribution in [2.24, 2.45) is 0 Å². The maximum absolute atomic E-state index is 4.44. The Balaban J connectivity index is 2.75. The van der Waals surface area contributed by atoms with Crippen LogP contribution in [0.1, 0.15) is 23.3 Å². The van der Waals surface area contributed by atoms with Crippen LogP contribution in [0.2, 0.25) is 0 Å². The van der Waals surface area contributed by atoms with Gasteiger partial charge in [-0.25, -0.2) is 0 Å². The second-order valence-electron chi connectivity index (χ2n) is 3.08. The summed E-state index contributed by atoms with van der Waals surface area (Å²) in [6.07, 6.45) is 0.979. The Bertz CT molecular complexity index is 447. The predicted octanol–water partition coefficient (Wildman–Crippen LogP) is 1.46. The monoisotopic (exact) mass is 194 g/mol. The number of aromatic nitrogens is 3. The summed E-state index contributed by atoms with van der Waals surface area (Å²) in [7, 11) is 0. The second-order valence-corrected chi connectivity index (χ2v) is 4.12. The van der Waals surface area contributed by atoms with Crippen molar-refractivity contribution in [2.75, 3.05) is 0 Å². The Morgan fingerprint density at radius 2 is 2.23 bits per heavy atom. The number of nitrogens with zero attached hydrogens (tertiary/aromatic N) is 3. The summed E-state index contributed by atoms with van der Waals surface area (Å²) < 4.78 is 1.91. The van der Waals surface area contributed by atoms with E-state index in [4.69, 9.17) is 0 Å². The zero-order valence-electron chi connectivity index (χ0n) is 8.03. The average Bonchev–Trinajstić information content (AvgIpc) is 2.47. The van der Waals surface area contributed by atoms with Crippen LogP contribution >= 0.6 is 11.3 Å². The SMILES string of the molecule is CCc1n[n+]2c(C)cc(C)nc2s1. The molecule has 0 unspecified atom stereocenters. The smallest absolute Gasteiger partial charge is 0.0880 e. The minimum absolute atomic E-state index is 0.979. The minimum Gasteiger partial charge on any atom is -0.0880 e. The molecule has 0 N–H and O–H groups in total. The summed E-state index contributed by atoms with van der Waals surface area (Å²) in [5.74, 6) is 0. The van der Waals surface area contributed by atoms with Crippen LogP contribution in [0.3, 0.4) is 0 Å². The lowest BCUT2D eigenvalue weighted by molar-refractivity contribution is -0.585. The highest BCUT2D eigenvalue weighted by molar-refractivity contribution is 7.16. The van der Waals surface area contributed by atoms with Crippen LogP contribution in [0.5, 0.6) is 0 Å². The van der Waals surface area contributed by atoms with Crippen molar-refractivity contribution < 1.29 is 4.52 Å². The van der Waals surface area contributed by atoms with Gasteiger partial charge in [0.2, 0.25) is 0 Å². The topological polar surface area (TPSA) is 29.9 Å². The molecular weight excluding hydrogens is 182 g/mol. The van der Waals surface area contributed by atoms with Crippen LogP contribution in [0.4, 0.5) is 0 Å². The van der Waals surface area contributed by atoms with E-state index in [1.807, 2.05) is 17.5 Å². The molecule has 13 heavy (non-hydrogen) atoms. The summed E-state index contributed by atoms with van der Waals surface area (Å²) in [6, 6.07) is 2.05. The van der Waals surface area contributed by atoms with Crippen molar-refractivity contribution >= 4 is 16.3 Å². The van der Waals surface area contributed by atoms with E-state index < -0.39 is 0 Å². The first-order valence-electron chi connectivity index (χ1n) is 4.36. The van der Waals surface area contributed by atoms with Gasteiger partial charge in [-0.1, -0.05) is 16.5 Å². The van der Waals surface area contributed by atoms with Gasteiger partial charge in [0.05, 0.1) is 0 Å². The fraction of sp³-hybridized carbons (Fsp3) is 0.444. The van der Waals surface area contributed by atoms with Crippen LogP contribution in [-0.2, 0) is 6.42 Å². The molecule has 3 nitrogen and oxygen atoms in total. The molecule has 0 radical (unpaired) electrons. The lowest BCUT2D eigenvalue weighted by atomic mass is 10.4. The zero-order chi connectivity index (χ0) is 9.42. The van der Waals surface area contributed by atoms with Gasteiger partial charge in [-0.15, -0.1) is 0 Å². The number of fused-ring (bicyclic) bond motifs is 1. The summed E-state index contributed by atoms with van der Waals surface area (Å²) >= 11 is 1.67. The van der Waals surface area contributed by atoms with Gasteiger partial charge in [0.1, 0.15) is 10.7 Å². The van der Waals surface area contributed by atoms with E-state index in [0.717, 1.165) is 27.8 Å². The molecule has 0 aromatic carbocycles. The Kier molecular flexibility index (Phi) is 2.00. The lowest BCUT2D eigenvalue weighted by Crippen LogP contribution is -2.28. The van der Waals surface area contributed by atoms with Gasteiger partial charge in [-0.05, 0) is 16.3 Å². The lowest BCUT2D eigenvalue weighted by Gasteiger charge is -1.87. The molecule has 2 rings (SSSR count). The zero-order valence-corrected chi connectivity index (χ0v) is 8.85. The molecule has 0 aliphatic rings. The Morgan fingerprint density at radius 1 is 1.46 bits per heavy atom. The first-order valence-corrected chi connectivity index (χ1v) is 5.18. The number of hydrogen-bond donors (Lipinski definition) is 0. The first-order chi connectivity index (χ1) is 6.20. The van der Waals surface area contributed by atoms with Crippen molar-refractivity contribution in [3.8, 4) is 0 Å². The van der Waals surface area contributed by atoms with Gasteiger partial charge in [-0.2, -0.15) is 0 Å². The van der Waals surface area contributed by atoms with Gasteiger partial charge in [0.15, 0.2) is 5.69 Å². The molecule has 68 valence electrons. The molecule has 4 heteroatoms. The Morgan fingerprint density at radius 3 is 2.92 bits per heavy atom. The third kappa shape index (κ3) is 1.42. The molecule has 2 heterocycles. The molecule has 0 bridgehead atoms. The normalized spacial score (nSPS) is 11.0. The molecule has 0 aliphatic heterocycles. The van der Waals surface area contributed by atoms with Crippen LogP contribution in [0.25, 0.3) is 4.96 Å². The van der Waals surface area contributed by atoms with Gasteiger partial charge >= 0.3 is 4.96 Å². The predicted molar refractivity (Wildman–Crippen MR) is 51.9 cm³/mol. The van der Waals surface area contributed by atoms with Crippen molar-refractivity contribution in [2.45, 2.75) is 27.2 Å². The largest absolute Gasteiger partial charge is 0.410 e. The third-order valence-electron chi connectivity index (χ3n) is 1.93. The molecular formula is C9H12N3S+. The van der Waals surface area contributed by atoms with Crippen LogP contribution in [0, 0.1) is 13.8 Å². The van der Waals surface area contributed by atoms with E-state index in [1.165, 1.54) is 0 Å². The van der Waals surface area contributed by atoms with Gasteiger partial charge < -0.3 is 0 Å². The maximum Gasteiger partial charge on any atom is 0.410 e. The van der Waals surface area contributed by atoms with Crippen LogP contribution < -0.4 is 4.52 Å². The van der Waals surface area contributed by atoms with E-state index in [9.17, 15) is 0 Å². The number of rotatable bonds is 1. The van der Waals surface area contributed by atoms with Gasteiger partial charge in [-0.3, -0.25) is 0 Å². The second kappa shape index (κ2) is 3.03. The fourth-order valence-corrected chi connectivity index (χ4v) is 2.25. The van der Waals surface area contributed by atoms with E-state index >= 15 is 0 Å². The quantitative estimate of drug-likeness (QED) is 0.643. The van der Waals surface area contributed by atoms with E-state index in [-0.39, 0.29) is 0 Å². The molecule has 0 fully saturated rings. The van der Waals surface area contributed by atoms with Crippen molar-refractivity contribution in [3.63, 3.8) is 0 Å². The molecule has 2 aromatic heterocycles. The standard InChI is InChI=1S/C9H12N3S/c1-4-8-11-12-7(3)5-6(2)10-9(12)13-8/h5H,4H2,1-3H3/q+1. The van der Waals surface area contributed by atoms with E-state index in [2.05, 4.69) is 23.9 Å². The highest BCUT2D eigenvalue weighted by Crippen LogP contribution is 2.09. The molecule has 0 atom stereocenters. The highest BCUT2D eigenvalue weighted by Gasteiger charge is 2.14. The van der Waals surface area contributed by atoms with Crippen molar-refractivity contribution in [1.29, 1.82) is 0 Å². The summed E-state index contributed by atoms with van der Waals surface area (Å²) in [5, 5.41) is 5.58. The van der Waals surface area contributed by atoms with Crippen LogP contribution in [0.15, 0.2) is 6.07 Å². The van der Waals surface area contributed by atoms with E-state index in [1.54, 1.807) is 11.3 Å². The summed E-state index contributed by atoms with van der Waals surface area (Å²) in [6.45, 7) is 6.18.